The van der Waals surface area contributed by atoms with E-state index >= 15 is 0 Å². The number of carbonyl (C=O) groups excluding carboxylic acids is 1. The topological polar surface area (TPSA) is 44.8 Å². The number of anilines is 1. The van der Waals surface area contributed by atoms with Crippen molar-refractivity contribution in [3.8, 4) is 11.5 Å². The molecule has 1 atom stereocenters. The Morgan fingerprint density at radius 1 is 1.00 bits per heavy atom. The largest absolute Gasteiger partial charge is 0.457 e. The number of benzene rings is 2. The summed E-state index contributed by atoms with van der Waals surface area (Å²) in [6, 6.07) is 17.0. The summed E-state index contributed by atoms with van der Waals surface area (Å²) in [7, 11) is 0. The molecule has 2 aromatic rings. The highest BCUT2D eigenvalue weighted by atomic mass is 16.5. The Morgan fingerprint density at radius 3 is 2.23 bits per heavy atom. The van der Waals surface area contributed by atoms with Gasteiger partial charge in [0.05, 0.1) is 6.04 Å². The predicted octanol–water partition coefficient (Wildman–Crippen LogP) is 3.44. The summed E-state index contributed by atoms with van der Waals surface area (Å²) in [6.07, 6.45) is 0. The van der Waals surface area contributed by atoms with E-state index in [2.05, 4.69) is 22.0 Å². The van der Waals surface area contributed by atoms with E-state index in [-0.39, 0.29) is 11.9 Å². The average Bonchev–Trinajstić information content (AvgIpc) is 2.70. The molecule has 0 saturated carbocycles. The highest BCUT2D eigenvalue weighted by Crippen LogP contribution is 2.22. The van der Waals surface area contributed by atoms with E-state index in [1.807, 2.05) is 61.5 Å². The number of ether oxygens (including phenoxy) is 1. The minimum Gasteiger partial charge on any atom is -0.457 e. The third kappa shape index (κ3) is 4.84. The van der Waals surface area contributed by atoms with Crippen LogP contribution in [-0.4, -0.2) is 54.5 Å². The van der Waals surface area contributed by atoms with Crippen LogP contribution in [0.3, 0.4) is 0 Å². The molecule has 0 spiro atoms. The van der Waals surface area contributed by atoms with Gasteiger partial charge in [0.2, 0.25) is 5.91 Å². The van der Waals surface area contributed by atoms with Gasteiger partial charge in [-0.1, -0.05) is 25.1 Å². The quantitative estimate of drug-likeness (QED) is 0.864. The van der Waals surface area contributed by atoms with Crippen LogP contribution in [0, 0.1) is 0 Å². The first-order valence-corrected chi connectivity index (χ1v) is 9.26. The summed E-state index contributed by atoms with van der Waals surface area (Å²) < 4.78 is 5.78. The zero-order chi connectivity index (χ0) is 18.4. The van der Waals surface area contributed by atoms with E-state index in [0.29, 0.717) is 0 Å². The van der Waals surface area contributed by atoms with E-state index in [0.717, 1.165) is 49.9 Å². The van der Waals surface area contributed by atoms with Gasteiger partial charge >= 0.3 is 0 Å². The number of nitrogens with one attached hydrogen (secondary N) is 1. The molecule has 26 heavy (non-hydrogen) atoms. The van der Waals surface area contributed by atoms with Gasteiger partial charge in [0.1, 0.15) is 11.5 Å². The van der Waals surface area contributed by atoms with Gasteiger partial charge in [0.25, 0.3) is 0 Å². The second-order valence-electron chi connectivity index (χ2n) is 6.57. The van der Waals surface area contributed by atoms with E-state index in [9.17, 15) is 4.79 Å². The molecule has 1 fully saturated rings. The molecular weight excluding hydrogens is 326 g/mol. The van der Waals surface area contributed by atoms with Crippen molar-refractivity contribution >= 4 is 11.6 Å². The molecule has 1 saturated heterocycles. The Kier molecular flexibility index (Phi) is 6.26. The third-order valence-corrected chi connectivity index (χ3v) is 4.88. The number of carbonyl (C=O) groups is 1. The van der Waals surface area contributed by atoms with Crippen molar-refractivity contribution in [3.05, 3.63) is 54.6 Å². The van der Waals surface area contributed by atoms with Crippen molar-refractivity contribution < 1.29 is 9.53 Å². The maximum atomic E-state index is 12.5. The number of rotatable bonds is 6. The summed E-state index contributed by atoms with van der Waals surface area (Å²) in [5.74, 6) is 1.58. The summed E-state index contributed by atoms with van der Waals surface area (Å²) in [5, 5.41) is 3.01. The highest BCUT2D eigenvalue weighted by molar-refractivity contribution is 5.94. The molecule has 3 rings (SSSR count). The van der Waals surface area contributed by atoms with E-state index in [1.165, 1.54) is 0 Å². The number of amides is 1. The molecule has 0 bridgehead atoms. The normalized spacial score (nSPS) is 16.8. The lowest BCUT2D eigenvalue weighted by molar-refractivity contribution is -0.121. The first kappa shape index (κ1) is 18.4. The van der Waals surface area contributed by atoms with Crippen molar-refractivity contribution in [1.82, 2.24) is 9.80 Å². The summed E-state index contributed by atoms with van der Waals surface area (Å²) in [5.41, 5.74) is 0.787. The Morgan fingerprint density at radius 2 is 1.62 bits per heavy atom. The fraction of sp³-hybridized carbons (Fsp3) is 0.381. The molecule has 1 amide bonds. The van der Waals surface area contributed by atoms with Gasteiger partial charge in [0, 0.05) is 31.9 Å². The molecular formula is C21H27N3O2. The maximum absolute atomic E-state index is 12.5. The minimum atomic E-state index is -0.130. The van der Waals surface area contributed by atoms with Crippen LogP contribution in [0.25, 0.3) is 0 Å². The molecule has 2 aromatic carbocycles. The van der Waals surface area contributed by atoms with Gasteiger partial charge in [-0.15, -0.1) is 0 Å². The lowest BCUT2D eigenvalue weighted by Crippen LogP contribution is -2.52. The summed E-state index contributed by atoms with van der Waals surface area (Å²) >= 11 is 0. The van der Waals surface area contributed by atoms with Crippen LogP contribution in [0.5, 0.6) is 11.5 Å². The standard InChI is InChI=1S/C21H27N3O2/c1-3-23-13-15-24(16-14-23)17(2)21(25)22-18-9-11-20(12-10-18)26-19-7-5-4-6-8-19/h4-12,17H,3,13-16H2,1-2H3,(H,22,25)/t17-/m1/s1. The molecule has 0 aromatic heterocycles. The van der Waals surface area contributed by atoms with Crippen molar-refractivity contribution in [3.63, 3.8) is 0 Å². The van der Waals surface area contributed by atoms with Gasteiger partial charge in [-0.05, 0) is 49.9 Å². The highest BCUT2D eigenvalue weighted by Gasteiger charge is 2.24. The Labute approximate surface area is 155 Å². The molecule has 0 radical (unpaired) electrons. The van der Waals surface area contributed by atoms with E-state index in [4.69, 9.17) is 4.74 Å². The molecule has 1 aliphatic heterocycles. The number of hydrogen-bond acceptors (Lipinski definition) is 4. The third-order valence-electron chi connectivity index (χ3n) is 4.88. The molecule has 138 valence electrons. The number of nitrogens with zero attached hydrogens (tertiary/aromatic N) is 2. The van der Waals surface area contributed by atoms with Gasteiger partial charge in [-0.3, -0.25) is 9.69 Å². The first-order valence-electron chi connectivity index (χ1n) is 9.26. The van der Waals surface area contributed by atoms with Crippen LogP contribution < -0.4 is 10.1 Å². The summed E-state index contributed by atoms with van der Waals surface area (Å²) in [4.78, 5) is 17.2. The minimum absolute atomic E-state index is 0.0340. The Balaban J connectivity index is 1.52. The fourth-order valence-corrected chi connectivity index (χ4v) is 3.11. The maximum Gasteiger partial charge on any atom is 0.241 e. The summed E-state index contributed by atoms with van der Waals surface area (Å²) in [6.45, 7) is 9.16. The van der Waals surface area contributed by atoms with Crippen LogP contribution in [0.4, 0.5) is 5.69 Å². The smallest absolute Gasteiger partial charge is 0.241 e. The molecule has 0 aliphatic carbocycles. The first-order chi connectivity index (χ1) is 12.7. The zero-order valence-electron chi connectivity index (χ0n) is 15.5. The lowest BCUT2D eigenvalue weighted by atomic mass is 10.2. The number of piperazine rings is 1. The average molecular weight is 353 g/mol. The number of likely N-dealkylation sites (N-methyl/N-ethyl adjacent to an activating group) is 1. The molecule has 1 N–H and O–H groups in total. The second kappa shape index (κ2) is 8.83. The van der Waals surface area contributed by atoms with Gasteiger partial charge < -0.3 is 15.0 Å². The number of hydrogen-bond donors (Lipinski definition) is 1. The van der Waals surface area contributed by atoms with Crippen LogP contribution in [0.15, 0.2) is 54.6 Å². The van der Waals surface area contributed by atoms with Crippen LogP contribution in [0.2, 0.25) is 0 Å². The van der Waals surface area contributed by atoms with Gasteiger partial charge in [0.15, 0.2) is 0 Å². The van der Waals surface area contributed by atoms with Crippen molar-refractivity contribution in [2.45, 2.75) is 19.9 Å². The van der Waals surface area contributed by atoms with Crippen molar-refractivity contribution in [2.24, 2.45) is 0 Å². The molecule has 1 heterocycles. The lowest BCUT2D eigenvalue weighted by Gasteiger charge is -2.36. The van der Waals surface area contributed by atoms with Crippen LogP contribution >= 0.6 is 0 Å². The van der Waals surface area contributed by atoms with Gasteiger partial charge in [-0.25, -0.2) is 0 Å². The SMILES string of the molecule is CCN1CCN([C@H](C)C(=O)Nc2ccc(Oc3ccccc3)cc2)CC1. The molecule has 1 aliphatic rings. The molecule has 5 heteroatoms. The molecule has 0 unspecified atom stereocenters. The van der Waals surface area contributed by atoms with Crippen molar-refractivity contribution in [2.75, 3.05) is 38.0 Å². The van der Waals surface area contributed by atoms with Crippen LogP contribution in [-0.2, 0) is 4.79 Å². The Hall–Kier alpha value is -2.37. The molecule has 5 nitrogen and oxygen atoms in total. The van der Waals surface area contributed by atoms with Gasteiger partial charge in [-0.2, -0.15) is 0 Å². The van der Waals surface area contributed by atoms with Crippen molar-refractivity contribution in [1.29, 1.82) is 0 Å². The zero-order valence-corrected chi connectivity index (χ0v) is 15.5. The predicted molar refractivity (Wildman–Crippen MR) is 105 cm³/mol. The fourth-order valence-electron chi connectivity index (χ4n) is 3.11. The Bertz CT molecular complexity index is 695. The van der Waals surface area contributed by atoms with Crippen LogP contribution in [0.1, 0.15) is 13.8 Å². The monoisotopic (exact) mass is 353 g/mol. The second-order valence-corrected chi connectivity index (χ2v) is 6.57. The van der Waals surface area contributed by atoms with E-state index in [1.54, 1.807) is 0 Å². The number of para-hydroxylation sites is 1. The van der Waals surface area contributed by atoms with E-state index < -0.39 is 0 Å².